The maximum atomic E-state index is 2.30. The summed E-state index contributed by atoms with van der Waals surface area (Å²) >= 11 is 0.230. The summed E-state index contributed by atoms with van der Waals surface area (Å²) in [6.07, 6.45) is 4.00. The van der Waals surface area contributed by atoms with Crippen molar-refractivity contribution in [2.24, 2.45) is 0 Å². The van der Waals surface area contributed by atoms with E-state index in [2.05, 4.69) is 9.88 Å². The number of rotatable bonds is 0. The predicted octanol–water partition coefficient (Wildman–Crippen LogP) is 2.37. The van der Waals surface area contributed by atoms with E-state index in [4.69, 9.17) is 0 Å². The Hall–Kier alpha value is 0.539. The normalized spacial score (nSPS) is 8.00. The molecule has 0 unspecified atom stereocenters. The number of hydrogen-bond donors (Lipinski definition) is 0. The second kappa shape index (κ2) is 16.0. The van der Waals surface area contributed by atoms with Crippen LogP contribution in [-0.2, 0) is 0 Å². The molecular weight excluding hydrogens is 191 g/mol. The van der Waals surface area contributed by atoms with Crippen molar-refractivity contribution in [3.05, 3.63) is 12.2 Å². The third kappa shape index (κ3) is 56.9. The van der Waals surface area contributed by atoms with E-state index in [9.17, 15) is 0 Å². The topological polar surface area (TPSA) is 0 Å². The molecule has 0 saturated carbocycles. The van der Waals surface area contributed by atoms with Crippen LogP contribution in [0.5, 0.6) is 0 Å². The average Bonchev–Trinajstić information content (AvgIpc) is 1.69. The van der Waals surface area contributed by atoms with Gasteiger partial charge in [0.2, 0.25) is 0 Å². The summed E-state index contributed by atoms with van der Waals surface area (Å²) in [5, 5.41) is 0. The molecule has 0 heterocycles. The number of allylic oxidation sites excluding steroid dienone is 2. The van der Waals surface area contributed by atoms with Crippen molar-refractivity contribution < 1.29 is 0 Å². The van der Waals surface area contributed by atoms with Crippen LogP contribution >= 0.6 is 0 Å². The van der Waals surface area contributed by atoms with Crippen molar-refractivity contribution in [1.82, 2.24) is 0 Å². The molecule has 0 aromatic carbocycles. The summed E-state index contributed by atoms with van der Waals surface area (Å²) in [5.41, 5.74) is 0. The van der Waals surface area contributed by atoms with E-state index in [-0.39, 0.29) is 21.1 Å². The van der Waals surface area contributed by atoms with Gasteiger partial charge in [-0.05, 0) is 13.8 Å². The van der Waals surface area contributed by atoms with Gasteiger partial charge < -0.3 is 0 Å². The Labute approximate surface area is 57.2 Å². The van der Waals surface area contributed by atoms with Gasteiger partial charge in [-0.2, -0.15) is 0 Å². The Morgan fingerprint density at radius 2 is 1.14 bits per heavy atom. The van der Waals surface area contributed by atoms with Gasteiger partial charge in [0.05, 0.1) is 0 Å². The molecule has 0 spiro atoms. The molecule has 0 aromatic heterocycles. The first kappa shape index (κ1) is 10.5. The summed E-state index contributed by atoms with van der Waals surface area (Å²) in [6.45, 7) is 4.00. The molecule has 0 aromatic rings. The summed E-state index contributed by atoms with van der Waals surface area (Å²) in [4.78, 5) is 4.59. The summed E-state index contributed by atoms with van der Waals surface area (Å²) < 4.78 is 0. The van der Waals surface area contributed by atoms with E-state index in [1.807, 2.05) is 26.0 Å². The fraction of sp³-hybridized carbons (Fsp3) is 0.667. The predicted molar refractivity (Wildman–Crippen MR) is 38.0 cm³/mol. The van der Waals surface area contributed by atoms with Gasteiger partial charge in [0.1, 0.15) is 0 Å². The maximum absolute atomic E-state index is 2.30. The third-order valence-corrected chi connectivity index (χ3v) is 0.333. The van der Waals surface area contributed by atoms with Gasteiger partial charge in [0.15, 0.2) is 0 Å². The zero-order valence-electron chi connectivity index (χ0n) is 5.65. The first-order valence-electron chi connectivity index (χ1n) is 2.49. The quantitative estimate of drug-likeness (QED) is 0.420. The van der Waals surface area contributed by atoms with Crippen LogP contribution in [0.2, 0.25) is 9.88 Å². The minimum absolute atomic E-state index is 0.230. The zero-order chi connectivity index (χ0) is 6.12. The van der Waals surface area contributed by atoms with Crippen LogP contribution in [0.25, 0.3) is 0 Å². The standard InChI is InChI=1S/C4H8.2CH3.Sn/c1-3-4-2;;;/h3-4H,1-2H3;2*1H3;. The monoisotopic (exact) mass is 206 g/mol. The van der Waals surface area contributed by atoms with Crippen molar-refractivity contribution in [3.8, 4) is 0 Å². The molecule has 0 fully saturated rings. The Morgan fingerprint density at radius 1 is 1.00 bits per heavy atom. The molecule has 42 valence electrons. The van der Waals surface area contributed by atoms with Crippen LogP contribution in [0.1, 0.15) is 13.8 Å². The first-order valence-corrected chi connectivity index (χ1v) is 8.20. The second-order valence-corrected chi connectivity index (χ2v) is 4.02. The van der Waals surface area contributed by atoms with Crippen molar-refractivity contribution >= 4 is 21.1 Å². The van der Waals surface area contributed by atoms with Crippen LogP contribution in [0.3, 0.4) is 0 Å². The van der Waals surface area contributed by atoms with E-state index >= 15 is 0 Å². The number of hydrogen-bond acceptors (Lipinski definition) is 0. The Morgan fingerprint density at radius 3 is 1.14 bits per heavy atom. The van der Waals surface area contributed by atoms with E-state index in [1.54, 1.807) is 0 Å². The van der Waals surface area contributed by atoms with Crippen molar-refractivity contribution in [2.45, 2.75) is 23.7 Å². The van der Waals surface area contributed by atoms with Gasteiger partial charge in [0, 0.05) is 0 Å². The average molecular weight is 205 g/mol. The zero-order valence-corrected chi connectivity index (χ0v) is 8.51. The van der Waals surface area contributed by atoms with E-state index in [0.29, 0.717) is 0 Å². The molecule has 0 aliphatic rings. The van der Waals surface area contributed by atoms with E-state index in [1.165, 1.54) is 0 Å². The first-order chi connectivity index (χ1) is 3.33. The Bertz CT molecular complexity index is 27.2. The van der Waals surface area contributed by atoms with Crippen molar-refractivity contribution in [1.29, 1.82) is 0 Å². The fourth-order valence-electron chi connectivity index (χ4n) is 0. The van der Waals surface area contributed by atoms with Crippen molar-refractivity contribution in [3.63, 3.8) is 0 Å². The minimum atomic E-state index is 0.230. The fourth-order valence-corrected chi connectivity index (χ4v) is 0. The molecule has 0 aliphatic heterocycles. The molecule has 0 N–H and O–H groups in total. The summed E-state index contributed by atoms with van der Waals surface area (Å²) in [5.74, 6) is 0. The molecule has 0 atom stereocenters. The summed E-state index contributed by atoms with van der Waals surface area (Å²) in [7, 11) is 0. The van der Waals surface area contributed by atoms with E-state index in [0.717, 1.165) is 0 Å². The molecule has 7 heavy (non-hydrogen) atoms. The van der Waals surface area contributed by atoms with Gasteiger partial charge in [-0.25, -0.2) is 0 Å². The van der Waals surface area contributed by atoms with Gasteiger partial charge in [-0.3, -0.25) is 0 Å². The van der Waals surface area contributed by atoms with Crippen LogP contribution in [0.4, 0.5) is 0 Å². The van der Waals surface area contributed by atoms with Crippen LogP contribution < -0.4 is 0 Å². The SMILES string of the molecule is CC=CC.[CH3][Sn][CH3]. The Balaban J connectivity index is 0. The van der Waals surface area contributed by atoms with Gasteiger partial charge >= 0.3 is 31.0 Å². The molecule has 2 radical (unpaired) electrons. The second-order valence-electron chi connectivity index (χ2n) is 1.17. The molecule has 0 saturated heterocycles. The van der Waals surface area contributed by atoms with Crippen molar-refractivity contribution in [2.75, 3.05) is 0 Å². The molecule has 0 nitrogen and oxygen atoms in total. The molecule has 0 rings (SSSR count). The molecule has 1 heteroatoms. The van der Waals surface area contributed by atoms with Gasteiger partial charge in [0.25, 0.3) is 0 Å². The molecule has 0 bridgehead atoms. The summed E-state index contributed by atoms with van der Waals surface area (Å²) in [6, 6.07) is 0. The van der Waals surface area contributed by atoms with E-state index < -0.39 is 0 Å². The van der Waals surface area contributed by atoms with Crippen LogP contribution in [0.15, 0.2) is 12.2 Å². The molecule has 0 aliphatic carbocycles. The van der Waals surface area contributed by atoms with Crippen LogP contribution in [-0.4, -0.2) is 21.1 Å². The van der Waals surface area contributed by atoms with Crippen LogP contribution in [0, 0.1) is 0 Å². The molecule has 0 amide bonds. The van der Waals surface area contributed by atoms with Gasteiger partial charge in [-0.1, -0.05) is 12.2 Å². The molecular formula is C6H14Sn. The Kier molecular flexibility index (Phi) is 24.0. The van der Waals surface area contributed by atoms with Gasteiger partial charge in [-0.15, -0.1) is 0 Å². The third-order valence-electron chi connectivity index (χ3n) is 0.333.